The maximum Gasteiger partial charge on any atom is 0.209 e. The third-order valence-electron chi connectivity index (χ3n) is 2.20. The topological polar surface area (TPSA) is 66.0 Å². The van der Waals surface area contributed by atoms with Gasteiger partial charge < -0.3 is 10.6 Å². The van der Waals surface area contributed by atoms with Crippen LogP contribution in [0.4, 0.5) is 0 Å². The van der Waals surface area contributed by atoms with E-state index in [1.807, 2.05) is 38.1 Å². The lowest BCUT2D eigenvalue weighted by atomic mass is 10.2. The second-order valence-corrected chi connectivity index (χ2v) is 5.06. The van der Waals surface area contributed by atoms with Gasteiger partial charge in [0.2, 0.25) is 5.16 Å². The number of ether oxygens (including phenoxy) is 1. The Morgan fingerprint density at radius 1 is 1.33 bits per heavy atom. The number of hydrogen-bond acceptors (Lipinski definition) is 5. The van der Waals surface area contributed by atoms with Crippen LogP contribution in [-0.4, -0.2) is 21.0 Å². The van der Waals surface area contributed by atoms with E-state index in [4.69, 9.17) is 10.6 Å². The molecule has 1 aromatic carbocycles. The summed E-state index contributed by atoms with van der Waals surface area (Å²) in [6.45, 7) is 4.02. The van der Waals surface area contributed by atoms with Crippen molar-refractivity contribution in [2.24, 2.45) is 0 Å². The molecule has 2 aromatic rings. The highest BCUT2D eigenvalue weighted by Crippen LogP contribution is 2.21. The molecule has 0 aliphatic heterocycles. The number of nitrogens with two attached hydrogens (primary N) is 1. The van der Waals surface area contributed by atoms with Crippen LogP contribution < -0.4 is 10.6 Å². The Labute approximate surface area is 110 Å². The average molecular weight is 264 g/mol. The Morgan fingerprint density at radius 2 is 2.06 bits per heavy atom. The van der Waals surface area contributed by atoms with Crippen LogP contribution in [0.2, 0.25) is 0 Å². The van der Waals surface area contributed by atoms with E-state index in [1.54, 1.807) is 11.8 Å². The van der Waals surface area contributed by atoms with E-state index in [9.17, 15) is 0 Å². The van der Waals surface area contributed by atoms with Crippen molar-refractivity contribution in [1.82, 2.24) is 14.9 Å². The van der Waals surface area contributed by atoms with Gasteiger partial charge in [-0.15, -0.1) is 10.2 Å². The zero-order chi connectivity index (χ0) is 13.0. The van der Waals surface area contributed by atoms with Crippen LogP contribution in [0.5, 0.6) is 5.75 Å². The van der Waals surface area contributed by atoms with E-state index >= 15 is 0 Å². The quantitative estimate of drug-likeness (QED) is 0.661. The molecule has 2 rings (SSSR count). The minimum atomic E-state index is 0.195. The molecule has 5 nitrogen and oxygen atoms in total. The van der Waals surface area contributed by atoms with Crippen molar-refractivity contribution in [2.45, 2.75) is 30.9 Å². The average Bonchev–Trinajstić information content (AvgIpc) is 2.73. The molecule has 0 atom stereocenters. The van der Waals surface area contributed by atoms with Crippen molar-refractivity contribution in [1.29, 1.82) is 0 Å². The van der Waals surface area contributed by atoms with Crippen molar-refractivity contribution in [3.8, 4) is 5.75 Å². The fourth-order valence-corrected chi connectivity index (χ4v) is 2.21. The maximum absolute atomic E-state index is 5.63. The zero-order valence-electron chi connectivity index (χ0n) is 10.4. The fraction of sp³-hybridized carbons (Fsp3) is 0.333. The summed E-state index contributed by atoms with van der Waals surface area (Å²) < 4.78 is 7.00. The molecule has 2 N–H and O–H groups in total. The molecule has 96 valence electrons. The number of hydrogen-bond donors (Lipinski definition) is 1. The highest BCUT2D eigenvalue weighted by molar-refractivity contribution is 7.98. The molecule has 0 radical (unpaired) electrons. The lowest BCUT2D eigenvalue weighted by Gasteiger charge is -2.09. The Hall–Kier alpha value is -1.69. The molecule has 6 heteroatoms. The third kappa shape index (κ3) is 3.40. The van der Waals surface area contributed by atoms with Gasteiger partial charge in [-0.1, -0.05) is 23.9 Å². The lowest BCUT2D eigenvalue weighted by Crippen LogP contribution is -2.07. The molecule has 0 fully saturated rings. The smallest absolute Gasteiger partial charge is 0.209 e. The number of nitrogen functional groups attached to an aromatic ring is 1. The fourth-order valence-electron chi connectivity index (χ4n) is 1.42. The SMILES string of the molecule is CC(C)Oc1ccc(CSc2nncn2N)cc1. The summed E-state index contributed by atoms with van der Waals surface area (Å²) in [7, 11) is 0. The number of rotatable bonds is 5. The molecule has 0 aliphatic carbocycles. The Balaban J connectivity index is 1.92. The lowest BCUT2D eigenvalue weighted by molar-refractivity contribution is 0.242. The molecule has 0 spiro atoms. The largest absolute Gasteiger partial charge is 0.491 e. The first-order chi connectivity index (χ1) is 8.65. The van der Waals surface area contributed by atoms with E-state index in [0.29, 0.717) is 5.16 Å². The summed E-state index contributed by atoms with van der Waals surface area (Å²) in [5, 5.41) is 8.35. The van der Waals surface area contributed by atoms with Gasteiger partial charge >= 0.3 is 0 Å². The highest BCUT2D eigenvalue weighted by atomic mass is 32.2. The number of benzene rings is 1. The van der Waals surface area contributed by atoms with E-state index in [-0.39, 0.29) is 6.10 Å². The van der Waals surface area contributed by atoms with Crippen LogP contribution in [0.15, 0.2) is 35.7 Å². The minimum Gasteiger partial charge on any atom is -0.491 e. The van der Waals surface area contributed by atoms with Crippen LogP contribution in [-0.2, 0) is 5.75 Å². The van der Waals surface area contributed by atoms with Gasteiger partial charge in [-0.25, -0.2) is 4.68 Å². The Morgan fingerprint density at radius 3 is 2.61 bits per heavy atom. The van der Waals surface area contributed by atoms with Gasteiger partial charge in [0.05, 0.1) is 6.10 Å². The van der Waals surface area contributed by atoms with Gasteiger partial charge in [0.15, 0.2) is 0 Å². The first-order valence-electron chi connectivity index (χ1n) is 5.68. The van der Waals surface area contributed by atoms with Gasteiger partial charge in [0.25, 0.3) is 0 Å². The maximum atomic E-state index is 5.63. The predicted octanol–water partition coefficient (Wildman–Crippen LogP) is 2.07. The van der Waals surface area contributed by atoms with Crippen LogP contribution in [0.3, 0.4) is 0 Å². The van der Waals surface area contributed by atoms with Gasteiger partial charge in [-0.2, -0.15) is 0 Å². The normalized spacial score (nSPS) is 10.8. The van der Waals surface area contributed by atoms with Gasteiger partial charge in [0.1, 0.15) is 12.1 Å². The van der Waals surface area contributed by atoms with Crippen LogP contribution in [0.25, 0.3) is 0 Å². The Bertz CT molecular complexity index is 495. The molecule has 18 heavy (non-hydrogen) atoms. The molecule has 0 amide bonds. The van der Waals surface area contributed by atoms with Crippen molar-refractivity contribution in [3.05, 3.63) is 36.2 Å². The van der Waals surface area contributed by atoms with E-state index in [0.717, 1.165) is 11.5 Å². The summed E-state index contributed by atoms with van der Waals surface area (Å²) >= 11 is 1.55. The summed E-state index contributed by atoms with van der Waals surface area (Å²) in [6, 6.07) is 8.04. The number of nitrogens with zero attached hydrogens (tertiary/aromatic N) is 3. The second-order valence-electron chi connectivity index (χ2n) is 4.12. The monoisotopic (exact) mass is 264 g/mol. The van der Waals surface area contributed by atoms with E-state index in [2.05, 4.69) is 10.2 Å². The minimum absolute atomic E-state index is 0.195. The molecule has 0 saturated heterocycles. The molecule has 1 heterocycles. The van der Waals surface area contributed by atoms with E-state index < -0.39 is 0 Å². The van der Waals surface area contributed by atoms with Crippen LogP contribution in [0.1, 0.15) is 19.4 Å². The molecule has 0 aliphatic rings. The highest BCUT2D eigenvalue weighted by Gasteiger charge is 2.03. The first-order valence-corrected chi connectivity index (χ1v) is 6.67. The van der Waals surface area contributed by atoms with Gasteiger partial charge in [0, 0.05) is 5.75 Å². The summed E-state index contributed by atoms with van der Waals surface area (Å²) in [6.07, 6.45) is 1.68. The first kappa shape index (κ1) is 12.8. The van der Waals surface area contributed by atoms with Gasteiger partial charge in [-0.05, 0) is 31.5 Å². The number of thioether (sulfide) groups is 1. The molecule has 1 aromatic heterocycles. The summed E-state index contributed by atoms with van der Waals surface area (Å²) in [5.74, 6) is 7.33. The molecule has 0 saturated carbocycles. The van der Waals surface area contributed by atoms with Crippen LogP contribution >= 0.6 is 11.8 Å². The van der Waals surface area contributed by atoms with Crippen molar-refractivity contribution < 1.29 is 4.74 Å². The molecule has 0 bridgehead atoms. The Kier molecular flexibility index (Phi) is 4.09. The van der Waals surface area contributed by atoms with Gasteiger partial charge in [-0.3, -0.25) is 0 Å². The summed E-state index contributed by atoms with van der Waals surface area (Å²) in [4.78, 5) is 0. The van der Waals surface area contributed by atoms with Crippen LogP contribution in [0, 0.1) is 0 Å². The van der Waals surface area contributed by atoms with Crippen molar-refractivity contribution in [3.63, 3.8) is 0 Å². The zero-order valence-corrected chi connectivity index (χ0v) is 11.2. The predicted molar refractivity (Wildman–Crippen MR) is 71.9 cm³/mol. The molecule has 0 unspecified atom stereocenters. The standard InChI is InChI=1S/C12H16N4OS/c1-9(2)17-11-5-3-10(4-6-11)7-18-12-15-14-8-16(12)13/h3-6,8-9H,7,13H2,1-2H3. The second kappa shape index (κ2) is 5.77. The van der Waals surface area contributed by atoms with Crippen molar-refractivity contribution >= 4 is 11.8 Å². The van der Waals surface area contributed by atoms with E-state index in [1.165, 1.54) is 16.6 Å². The summed E-state index contributed by atoms with van der Waals surface area (Å²) in [5.41, 5.74) is 1.19. The molecular formula is C12H16N4OS. The molecular weight excluding hydrogens is 248 g/mol. The number of aromatic nitrogens is 3. The third-order valence-corrected chi connectivity index (χ3v) is 3.23. The van der Waals surface area contributed by atoms with Crippen molar-refractivity contribution in [2.75, 3.05) is 5.84 Å².